The second-order valence-corrected chi connectivity index (χ2v) is 7.71. The van der Waals surface area contributed by atoms with Gasteiger partial charge in [0.1, 0.15) is 23.7 Å². The van der Waals surface area contributed by atoms with Crippen LogP contribution in [0.5, 0.6) is 5.75 Å². The summed E-state index contributed by atoms with van der Waals surface area (Å²) in [6.45, 7) is -2.29. The van der Waals surface area contributed by atoms with E-state index in [2.05, 4.69) is 10.1 Å². The van der Waals surface area contributed by atoms with Gasteiger partial charge in [-0.15, -0.1) is 0 Å². The van der Waals surface area contributed by atoms with E-state index in [0.29, 0.717) is 5.56 Å². The molecule has 1 fully saturated rings. The van der Waals surface area contributed by atoms with Gasteiger partial charge >= 0.3 is 12.6 Å². The summed E-state index contributed by atoms with van der Waals surface area (Å²) in [7, 11) is 1.39. The Kier molecular flexibility index (Phi) is 6.63. The van der Waals surface area contributed by atoms with Crippen LogP contribution in [0.2, 0.25) is 5.02 Å². The lowest BCUT2D eigenvalue weighted by Crippen LogP contribution is -2.43. The van der Waals surface area contributed by atoms with E-state index in [4.69, 9.17) is 11.6 Å². The molecule has 32 heavy (non-hydrogen) atoms. The van der Waals surface area contributed by atoms with E-state index in [-0.39, 0.29) is 22.9 Å². The number of imide groups is 1. The molecule has 170 valence electrons. The first-order chi connectivity index (χ1) is 15.0. The van der Waals surface area contributed by atoms with Gasteiger partial charge in [-0.1, -0.05) is 29.8 Å². The number of rotatable bonds is 7. The van der Waals surface area contributed by atoms with Crippen molar-refractivity contribution in [2.24, 2.45) is 0 Å². The SMILES string of the molecule is CN(Cc1c(F)cccc1Cl)C(=O)CN1C(=O)NC(C)(c2ccc(OC(F)F)cc2)C1=O. The van der Waals surface area contributed by atoms with Gasteiger partial charge in [-0.3, -0.25) is 14.5 Å². The first-order valence-electron chi connectivity index (χ1n) is 9.39. The van der Waals surface area contributed by atoms with Crippen molar-refractivity contribution in [3.63, 3.8) is 0 Å². The number of halogens is 4. The number of hydrogen-bond acceptors (Lipinski definition) is 4. The Morgan fingerprint density at radius 3 is 2.47 bits per heavy atom. The fourth-order valence-electron chi connectivity index (χ4n) is 3.27. The molecule has 4 amide bonds. The summed E-state index contributed by atoms with van der Waals surface area (Å²) >= 11 is 5.98. The van der Waals surface area contributed by atoms with Gasteiger partial charge in [0.05, 0.1) is 0 Å². The van der Waals surface area contributed by atoms with E-state index in [9.17, 15) is 27.6 Å². The van der Waals surface area contributed by atoms with E-state index < -0.39 is 42.4 Å². The summed E-state index contributed by atoms with van der Waals surface area (Å²) in [5.41, 5.74) is -1.08. The van der Waals surface area contributed by atoms with Crippen molar-refractivity contribution < 1.29 is 32.3 Å². The summed E-state index contributed by atoms with van der Waals surface area (Å²) in [6, 6.07) is 8.55. The largest absolute Gasteiger partial charge is 0.435 e. The number of likely N-dealkylation sites (N-methyl/N-ethyl adjacent to an activating group) is 1. The average Bonchev–Trinajstić information content (AvgIpc) is 2.94. The number of carbonyl (C=O) groups is 3. The molecule has 0 spiro atoms. The Morgan fingerprint density at radius 1 is 1.22 bits per heavy atom. The number of nitrogens with one attached hydrogen (secondary N) is 1. The predicted molar refractivity (Wildman–Crippen MR) is 109 cm³/mol. The number of carbonyl (C=O) groups excluding carboxylic acids is 3. The van der Waals surface area contributed by atoms with Gasteiger partial charge in [0.15, 0.2) is 0 Å². The van der Waals surface area contributed by atoms with Gasteiger partial charge in [-0.2, -0.15) is 8.78 Å². The van der Waals surface area contributed by atoms with E-state index in [1.807, 2.05) is 0 Å². The molecule has 1 aliphatic rings. The smallest absolute Gasteiger partial charge is 0.387 e. The quantitative estimate of drug-likeness (QED) is 0.629. The molecular formula is C21H19ClF3N3O4. The maximum Gasteiger partial charge on any atom is 0.387 e. The zero-order chi connectivity index (χ0) is 23.6. The highest BCUT2D eigenvalue weighted by atomic mass is 35.5. The fourth-order valence-corrected chi connectivity index (χ4v) is 3.49. The van der Waals surface area contributed by atoms with Crippen LogP contribution in [-0.4, -0.2) is 47.8 Å². The lowest BCUT2D eigenvalue weighted by atomic mass is 9.92. The molecule has 0 radical (unpaired) electrons. The molecule has 2 aromatic carbocycles. The van der Waals surface area contributed by atoms with Crippen molar-refractivity contribution in [3.05, 3.63) is 64.4 Å². The van der Waals surface area contributed by atoms with Gasteiger partial charge in [0.25, 0.3) is 5.91 Å². The van der Waals surface area contributed by atoms with E-state index in [1.54, 1.807) is 0 Å². The third kappa shape index (κ3) is 4.64. The van der Waals surface area contributed by atoms with Gasteiger partial charge in [0, 0.05) is 24.2 Å². The van der Waals surface area contributed by atoms with Crippen LogP contribution in [0.3, 0.4) is 0 Å². The van der Waals surface area contributed by atoms with Crippen molar-refractivity contribution in [1.82, 2.24) is 15.1 Å². The maximum atomic E-state index is 14.0. The number of benzene rings is 2. The molecule has 1 unspecified atom stereocenters. The van der Waals surface area contributed by atoms with E-state index in [0.717, 1.165) is 9.80 Å². The Balaban J connectivity index is 1.72. The third-order valence-electron chi connectivity index (χ3n) is 5.11. The standard InChI is InChI=1S/C21H19ClF3N3O4/c1-21(12-6-8-13(9-7-12)32-19(24)25)18(30)28(20(31)26-21)11-17(29)27(2)10-14-15(22)4-3-5-16(14)23/h3-9,19H,10-11H2,1-2H3,(H,26,31). The maximum absolute atomic E-state index is 14.0. The van der Waals surface area contributed by atoms with Crippen molar-refractivity contribution >= 4 is 29.4 Å². The minimum Gasteiger partial charge on any atom is -0.435 e. The number of amides is 4. The average molecular weight is 470 g/mol. The fraction of sp³-hybridized carbons (Fsp3) is 0.286. The highest BCUT2D eigenvalue weighted by molar-refractivity contribution is 6.31. The first kappa shape index (κ1) is 23.4. The van der Waals surface area contributed by atoms with Crippen LogP contribution in [0.4, 0.5) is 18.0 Å². The molecule has 0 saturated carbocycles. The number of ether oxygens (including phenoxy) is 1. The summed E-state index contributed by atoms with van der Waals surface area (Å²) in [4.78, 5) is 39.9. The van der Waals surface area contributed by atoms with Crippen LogP contribution in [0.25, 0.3) is 0 Å². The molecule has 1 heterocycles. The van der Waals surface area contributed by atoms with Crippen molar-refractivity contribution in [2.75, 3.05) is 13.6 Å². The molecule has 11 heteroatoms. The van der Waals surface area contributed by atoms with E-state index in [1.165, 1.54) is 56.4 Å². The van der Waals surface area contributed by atoms with E-state index >= 15 is 0 Å². The van der Waals surface area contributed by atoms with Crippen LogP contribution >= 0.6 is 11.6 Å². The predicted octanol–water partition coefficient (Wildman–Crippen LogP) is 3.51. The molecule has 0 aliphatic carbocycles. The number of nitrogens with zero attached hydrogens (tertiary/aromatic N) is 2. The number of urea groups is 1. The summed E-state index contributed by atoms with van der Waals surface area (Å²) in [5, 5.41) is 2.66. The lowest BCUT2D eigenvalue weighted by Gasteiger charge is -2.23. The van der Waals surface area contributed by atoms with Crippen molar-refractivity contribution in [3.8, 4) is 5.75 Å². The Morgan fingerprint density at radius 2 is 1.88 bits per heavy atom. The zero-order valence-corrected chi connectivity index (χ0v) is 17.8. The highest BCUT2D eigenvalue weighted by Gasteiger charge is 2.49. The third-order valence-corrected chi connectivity index (χ3v) is 5.46. The molecular weight excluding hydrogens is 451 g/mol. The van der Waals surface area contributed by atoms with Crippen LogP contribution in [0.1, 0.15) is 18.1 Å². The molecule has 1 atom stereocenters. The van der Waals surface area contributed by atoms with Crippen LogP contribution < -0.4 is 10.1 Å². The molecule has 0 bridgehead atoms. The van der Waals surface area contributed by atoms with Gasteiger partial charge < -0.3 is 15.0 Å². The summed E-state index contributed by atoms with van der Waals surface area (Å²) in [6.07, 6.45) is 0. The molecule has 2 aromatic rings. The Hall–Kier alpha value is -3.27. The van der Waals surface area contributed by atoms with Crippen molar-refractivity contribution in [2.45, 2.75) is 25.6 Å². The van der Waals surface area contributed by atoms with Crippen LogP contribution in [-0.2, 0) is 21.7 Å². The first-order valence-corrected chi connectivity index (χ1v) is 9.77. The zero-order valence-electron chi connectivity index (χ0n) is 17.1. The minimum absolute atomic E-state index is 0.107. The molecule has 1 aliphatic heterocycles. The van der Waals surface area contributed by atoms with Gasteiger partial charge in [-0.05, 0) is 36.8 Å². The molecule has 3 rings (SSSR count). The second kappa shape index (κ2) is 9.07. The van der Waals surface area contributed by atoms with Crippen molar-refractivity contribution in [1.29, 1.82) is 0 Å². The minimum atomic E-state index is -3.00. The Bertz CT molecular complexity index is 1030. The molecule has 1 saturated heterocycles. The number of alkyl halides is 2. The summed E-state index contributed by atoms with van der Waals surface area (Å²) < 4.78 is 42.9. The number of hydrogen-bond donors (Lipinski definition) is 1. The normalized spacial score (nSPS) is 18.2. The monoisotopic (exact) mass is 469 g/mol. The summed E-state index contributed by atoms with van der Waals surface area (Å²) in [5.74, 6) is -2.00. The second-order valence-electron chi connectivity index (χ2n) is 7.30. The molecule has 7 nitrogen and oxygen atoms in total. The Labute approximate surface area is 186 Å². The molecule has 1 N–H and O–H groups in total. The molecule has 0 aromatic heterocycles. The van der Waals surface area contributed by atoms with Gasteiger partial charge in [-0.25, -0.2) is 9.18 Å². The lowest BCUT2D eigenvalue weighted by molar-refractivity contribution is -0.138. The topological polar surface area (TPSA) is 79.0 Å². The van der Waals surface area contributed by atoms with Gasteiger partial charge in [0.2, 0.25) is 5.91 Å². The highest BCUT2D eigenvalue weighted by Crippen LogP contribution is 2.30. The van der Waals surface area contributed by atoms with Crippen LogP contribution in [0, 0.1) is 5.82 Å². The van der Waals surface area contributed by atoms with Crippen LogP contribution in [0.15, 0.2) is 42.5 Å².